The average molecular weight is 851 g/mol. The lowest BCUT2D eigenvalue weighted by atomic mass is 9.88. The number of alkyl halides is 1. The number of imide groups is 1. The summed E-state index contributed by atoms with van der Waals surface area (Å²) >= 11 is 0. The van der Waals surface area contributed by atoms with Crippen LogP contribution in [-0.4, -0.2) is 93.3 Å². The van der Waals surface area contributed by atoms with E-state index in [0.717, 1.165) is 40.4 Å². The van der Waals surface area contributed by atoms with Crippen molar-refractivity contribution in [3.05, 3.63) is 106 Å². The van der Waals surface area contributed by atoms with Crippen LogP contribution in [0.1, 0.15) is 65.1 Å². The molecule has 2 atom stereocenters. The number of nitrogens with one attached hydrogen (secondary N) is 2. The fourth-order valence-corrected chi connectivity index (χ4v) is 9.57. The Morgan fingerprint density at radius 1 is 0.934 bits per heavy atom. The van der Waals surface area contributed by atoms with Crippen LogP contribution in [0.25, 0.3) is 16.6 Å². The molecule has 0 saturated carbocycles. The zero-order valence-electron chi connectivity index (χ0n) is 32.3. The first-order valence-electron chi connectivity index (χ1n) is 19.6. The molecule has 2 aromatic heterocycles. The first kappa shape index (κ1) is 39.6. The Balaban J connectivity index is 0.871. The molecule has 1 unspecified atom stereocenters. The van der Waals surface area contributed by atoms with Crippen LogP contribution in [-0.2, 0) is 26.3 Å². The fraction of sp³-hybridized carbons (Fsp3) is 0.317. The van der Waals surface area contributed by atoms with Gasteiger partial charge in [-0.25, -0.2) is 23.7 Å². The standard InChI is InChI=1S/C41H36F2N10O7S/c42-26-11-14-51(21-26)61(58,59)49-34-6-4-32(43)37(31(34)17-44)60-28-2-5-33-30(16-28)40(57)53(22-47-33)27-18-45-41(46-19-27)50-12-9-23(10-13-50)24-1-3-29-25(15-24)20-52(39(29)56)35-7-8-36(54)48-38(35)55/h1-6,15-16,18-19,22-23,26,35,49H,7-14,20-21H2,(H,48,54,55)/t26-,35?/m1/s1. The second-order valence-electron chi connectivity index (χ2n) is 15.3. The third-order valence-electron chi connectivity index (χ3n) is 11.5. The fourth-order valence-electron chi connectivity index (χ4n) is 8.29. The number of aromatic nitrogens is 4. The van der Waals surface area contributed by atoms with E-state index in [-0.39, 0.29) is 60.5 Å². The van der Waals surface area contributed by atoms with Gasteiger partial charge in [0.25, 0.3) is 11.5 Å². The van der Waals surface area contributed by atoms with Gasteiger partial charge in [-0.3, -0.25) is 33.8 Å². The van der Waals surface area contributed by atoms with E-state index in [1.54, 1.807) is 11.0 Å². The van der Waals surface area contributed by atoms with Crippen LogP contribution >= 0.6 is 0 Å². The summed E-state index contributed by atoms with van der Waals surface area (Å²) in [6.45, 7) is 1.23. The number of benzene rings is 3. The van der Waals surface area contributed by atoms with Crippen LogP contribution in [0.2, 0.25) is 0 Å². The number of rotatable bonds is 9. The van der Waals surface area contributed by atoms with Crippen LogP contribution in [0, 0.1) is 17.1 Å². The summed E-state index contributed by atoms with van der Waals surface area (Å²) in [6.07, 6.45) is 5.15. The largest absolute Gasteiger partial charge is 0.453 e. The molecule has 6 heterocycles. The highest BCUT2D eigenvalue weighted by molar-refractivity contribution is 7.90. The molecule has 61 heavy (non-hydrogen) atoms. The summed E-state index contributed by atoms with van der Waals surface area (Å²) in [4.78, 5) is 68.1. The van der Waals surface area contributed by atoms with Gasteiger partial charge in [0.15, 0.2) is 11.6 Å². The van der Waals surface area contributed by atoms with Crippen molar-refractivity contribution in [3.8, 4) is 23.3 Å². The van der Waals surface area contributed by atoms with Crippen LogP contribution in [0.15, 0.2) is 72.0 Å². The number of hydrogen-bond acceptors (Lipinski definition) is 12. The zero-order valence-corrected chi connectivity index (χ0v) is 33.1. The lowest BCUT2D eigenvalue weighted by Gasteiger charge is -2.32. The van der Waals surface area contributed by atoms with Gasteiger partial charge in [0.1, 0.15) is 35.9 Å². The van der Waals surface area contributed by atoms with Crippen molar-refractivity contribution in [1.82, 2.24) is 34.0 Å². The second-order valence-corrected chi connectivity index (χ2v) is 17.0. The number of amides is 3. The number of carbonyl (C=O) groups is 3. The Morgan fingerprint density at radius 3 is 2.44 bits per heavy atom. The Hall–Kier alpha value is -6.85. The SMILES string of the molecule is N#Cc1c(NS(=O)(=O)N2CC[C@@H](F)C2)ccc(F)c1Oc1ccc2ncn(-c3cnc(N4CCC(c5ccc6c(c5)CN(C5CCC(=O)NC5=O)C6=O)CC4)nc3)c(=O)c2c1. The van der Waals surface area contributed by atoms with E-state index in [1.165, 1.54) is 41.5 Å². The minimum absolute atomic E-state index is 0.0306. The van der Waals surface area contributed by atoms with E-state index < -0.39 is 51.0 Å². The van der Waals surface area contributed by atoms with Gasteiger partial charge in [0.2, 0.25) is 17.8 Å². The maximum atomic E-state index is 15.1. The highest BCUT2D eigenvalue weighted by Gasteiger charge is 2.39. The third kappa shape index (κ3) is 7.50. The van der Waals surface area contributed by atoms with E-state index in [4.69, 9.17) is 4.74 Å². The molecule has 0 bridgehead atoms. The summed E-state index contributed by atoms with van der Waals surface area (Å²) in [5.41, 5.74) is 1.94. The molecule has 20 heteroatoms. The Bertz CT molecular complexity index is 2850. The highest BCUT2D eigenvalue weighted by Crippen LogP contribution is 2.36. The summed E-state index contributed by atoms with van der Waals surface area (Å²) in [7, 11) is -4.25. The maximum absolute atomic E-state index is 15.1. The van der Waals surface area contributed by atoms with Crippen LogP contribution in [0.3, 0.4) is 0 Å². The van der Waals surface area contributed by atoms with Gasteiger partial charge in [-0.15, -0.1) is 0 Å². The average Bonchev–Trinajstić information content (AvgIpc) is 3.85. The molecule has 0 aliphatic carbocycles. The lowest BCUT2D eigenvalue weighted by Crippen LogP contribution is -2.52. The van der Waals surface area contributed by atoms with E-state index in [1.807, 2.05) is 23.1 Å². The molecule has 5 aromatic rings. The summed E-state index contributed by atoms with van der Waals surface area (Å²) in [6, 6.07) is 13.2. The number of ether oxygens (including phenoxy) is 1. The Labute approximate surface area is 346 Å². The Kier molecular flexibility index (Phi) is 10.2. The summed E-state index contributed by atoms with van der Waals surface area (Å²) in [5.74, 6) is -1.85. The van der Waals surface area contributed by atoms with Gasteiger partial charge in [-0.2, -0.15) is 18.0 Å². The minimum atomic E-state index is -4.25. The zero-order chi connectivity index (χ0) is 42.6. The van der Waals surface area contributed by atoms with Crippen molar-refractivity contribution < 1.29 is 36.3 Å². The van der Waals surface area contributed by atoms with E-state index >= 15 is 4.39 Å². The molecule has 3 aromatic carbocycles. The number of nitrogens with zero attached hydrogens (tertiary/aromatic N) is 8. The first-order chi connectivity index (χ1) is 29.4. The van der Waals surface area contributed by atoms with Gasteiger partial charge in [-0.1, -0.05) is 12.1 Å². The summed E-state index contributed by atoms with van der Waals surface area (Å²) < 4.78 is 64.8. The lowest BCUT2D eigenvalue weighted by molar-refractivity contribution is -0.136. The first-order valence-corrected chi connectivity index (χ1v) is 21.0. The molecule has 2 N–H and O–H groups in total. The van der Waals surface area contributed by atoms with E-state index in [2.05, 4.69) is 25.0 Å². The second kappa shape index (κ2) is 15.6. The highest BCUT2D eigenvalue weighted by atomic mass is 32.2. The Morgan fingerprint density at radius 2 is 1.72 bits per heavy atom. The number of carbonyl (C=O) groups excluding carboxylic acids is 3. The van der Waals surface area contributed by atoms with Crippen molar-refractivity contribution in [2.24, 2.45) is 0 Å². The molecule has 0 spiro atoms. The van der Waals surface area contributed by atoms with Gasteiger partial charge in [-0.05, 0) is 79.1 Å². The predicted molar refractivity (Wildman–Crippen MR) is 214 cm³/mol. The van der Waals surface area contributed by atoms with Gasteiger partial charge in [0, 0.05) is 44.7 Å². The van der Waals surface area contributed by atoms with Crippen molar-refractivity contribution >= 4 is 50.5 Å². The van der Waals surface area contributed by atoms with Crippen molar-refractivity contribution in [3.63, 3.8) is 0 Å². The maximum Gasteiger partial charge on any atom is 0.301 e. The molecule has 4 aliphatic heterocycles. The quantitative estimate of drug-likeness (QED) is 0.203. The molecule has 17 nitrogen and oxygen atoms in total. The number of nitriles is 1. The van der Waals surface area contributed by atoms with Gasteiger partial charge in [0.05, 0.1) is 34.7 Å². The number of halogens is 2. The van der Waals surface area contributed by atoms with Crippen molar-refractivity contribution in [2.75, 3.05) is 35.8 Å². The number of hydrogen-bond donors (Lipinski definition) is 2. The minimum Gasteiger partial charge on any atom is -0.453 e. The molecular formula is C41H36F2N10O7S. The molecular weight excluding hydrogens is 815 g/mol. The summed E-state index contributed by atoms with van der Waals surface area (Å²) in [5, 5.41) is 12.4. The number of anilines is 2. The van der Waals surface area contributed by atoms with Crippen LogP contribution < -0.4 is 25.2 Å². The topological polar surface area (TPSA) is 213 Å². The normalized spacial score (nSPS) is 19.9. The van der Waals surface area contributed by atoms with Crippen molar-refractivity contribution in [1.29, 1.82) is 5.26 Å². The van der Waals surface area contributed by atoms with Crippen LogP contribution in [0.5, 0.6) is 11.5 Å². The molecule has 4 aliphatic rings. The predicted octanol–water partition coefficient (Wildman–Crippen LogP) is 3.82. The molecule has 3 fully saturated rings. The molecule has 9 rings (SSSR count). The van der Waals surface area contributed by atoms with E-state index in [0.29, 0.717) is 48.8 Å². The molecule has 3 saturated heterocycles. The third-order valence-corrected chi connectivity index (χ3v) is 13.0. The van der Waals surface area contributed by atoms with E-state index in [9.17, 15) is 37.2 Å². The monoisotopic (exact) mass is 850 g/mol. The number of piperidine rings is 2. The molecule has 3 amide bonds. The smallest absolute Gasteiger partial charge is 0.301 e. The molecule has 0 radical (unpaired) electrons. The van der Waals surface area contributed by atoms with Gasteiger partial charge >= 0.3 is 10.2 Å². The van der Waals surface area contributed by atoms with Gasteiger partial charge < -0.3 is 14.5 Å². The molecule has 312 valence electrons. The number of fused-ring (bicyclic) bond motifs is 2. The van der Waals surface area contributed by atoms with Crippen molar-refractivity contribution in [2.45, 2.75) is 56.8 Å². The van der Waals surface area contributed by atoms with Crippen LogP contribution in [0.4, 0.5) is 20.4 Å².